The molecule has 0 aliphatic carbocycles. The molecule has 0 aliphatic heterocycles. The summed E-state index contributed by atoms with van der Waals surface area (Å²) >= 11 is 2.99. The summed E-state index contributed by atoms with van der Waals surface area (Å²) in [5.41, 5.74) is 5.52. The van der Waals surface area contributed by atoms with Gasteiger partial charge in [0.1, 0.15) is 11.6 Å². The fourth-order valence-corrected chi connectivity index (χ4v) is 1.60. The van der Waals surface area contributed by atoms with Crippen LogP contribution in [0.2, 0.25) is 0 Å². The van der Waals surface area contributed by atoms with Crippen molar-refractivity contribution in [3.63, 3.8) is 0 Å². The highest BCUT2D eigenvalue weighted by atomic mass is 79.9. The zero-order chi connectivity index (χ0) is 10.0. The third-order valence-electron chi connectivity index (χ3n) is 1.67. The zero-order valence-corrected chi connectivity index (χ0v) is 8.25. The fraction of sp³-hybridized carbons (Fsp3) is 0.250. The summed E-state index contributed by atoms with van der Waals surface area (Å²) in [7, 11) is 0. The van der Waals surface area contributed by atoms with Gasteiger partial charge in [-0.1, -0.05) is 0 Å². The van der Waals surface area contributed by atoms with Gasteiger partial charge in [-0.25, -0.2) is 4.39 Å². The molecule has 0 aliphatic rings. The van der Waals surface area contributed by atoms with E-state index in [1.807, 2.05) is 0 Å². The van der Waals surface area contributed by atoms with E-state index in [1.54, 1.807) is 0 Å². The van der Waals surface area contributed by atoms with Crippen LogP contribution in [0.1, 0.15) is 11.6 Å². The summed E-state index contributed by atoms with van der Waals surface area (Å²) in [6, 6.07) is 1.49. The minimum absolute atomic E-state index is 0.0856. The van der Waals surface area contributed by atoms with Gasteiger partial charge in [0.05, 0.1) is 17.1 Å². The lowest BCUT2D eigenvalue weighted by atomic mass is 10.1. The molecule has 4 N–H and O–H groups in total. The van der Waals surface area contributed by atoms with E-state index < -0.39 is 11.9 Å². The summed E-state index contributed by atoms with van der Waals surface area (Å²) in [5.74, 6) is -0.647. The monoisotopic (exact) mass is 249 g/mol. The number of aliphatic hydroxyl groups excluding tert-OH is 1. The summed E-state index contributed by atoms with van der Waals surface area (Å²) < 4.78 is 13.3. The molecule has 1 atom stereocenters. The van der Waals surface area contributed by atoms with Crippen LogP contribution in [0, 0.1) is 5.82 Å². The SMILES string of the molecule is NC(CO)c1c(F)ccc(O)c1Br. The minimum Gasteiger partial charge on any atom is -0.507 e. The van der Waals surface area contributed by atoms with Crippen molar-refractivity contribution in [2.45, 2.75) is 6.04 Å². The van der Waals surface area contributed by atoms with Crippen molar-refractivity contribution in [2.24, 2.45) is 5.73 Å². The van der Waals surface area contributed by atoms with Crippen LogP contribution in [0.5, 0.6) is 5.75 Å². The molecule has 0 amide bonds. The Morgan fingerprint density at radius 1 is 1.54 bits per heavy atom. The molecule has 0 saturated heterocycles. The third-order valence-corrected chi connectivity index (χ3v) is 2.51. The standard InChI is InChI=1S/C8H9BrFNO2/c9-8-6(13)2-1-4(10)7(8)5(11)3-12/h1-2,5,12-13H,3,11H2. The number of hydrogen-bond acceptors (Lipinski definition) is 3. The van der Waals surface area contributed by atoms with Gasteiger partial charge in [-0.15, -0.1) is 0 Å². The van der Waals surface area contributed by atoms with Crippen molar-refractivity contribution < 1.29 is 14.6 Å². The summed E-state index contributed by atoms with van der Waals surface area (Å²) in [5, 5.41) is 18.0. The van der Waals surface area contributed by atoms with Crippen molar-refractivity contribution in [1.29, 1.82) is 0 Å². The van der Waals surface area contributed by atoms with Crippen LogP contribution in [-0.4, -0.2) is 16.8 Å². The molecule has 0 heterocycles. The van der Waals surface area contributed by atoms with Crippen LogP contribution in [-0.2, 0) is 0 Å². The second kappa shape index (κ2) is 4.04. The molecule has 0 bridgehead atoms. The number of rotatable bonds is 2. The van der Waals surface area contributed by atoms with E-state index in [1.165, 1.54) is 6.07 Å². The van der Waals surface area contributed by atoms with Gasteiger partial charge in [-0.05, 0) is 28.1 Å². The molecule has 0 aromatic heterocycles. The fourth-order valence-electron chi connectivity index (χ4n) is 0.989. The number of phenolic OH excluding ortho intramolecular Hbond substituents is 1. The predicted octanol–water partition coefficient (Wildman–Crippen LogP) is 1.29. The lowest BCUT2D eigenvalue weighted by Crippen LogP contribution is -2.16. The minimum atomic E-state index is -0.832. The molecule has 0 saturated carbocycles. The molecule has 13 heavy (non-hydrogen) atoms. The Morgan fingerprint density at radius 2 is 2.15 bits per heavy atom. The average molecular weight is 250 g/mol. The van der Waals surface area contributed by atoms with E-state index in [9.17, 15) is 9.50 Å². The molecule has 0 spiro atoms. The molecule has 3 nitrogen and oxygen atoms in total. The Hall–Kier alpha value is -0.650. The molecule has 1 unspecified atom stereocenters. The van der Waals surface area contributed by atoms with E-state index in [0.29, 0.717) is 0 Å². The smallest absolute Gasteiger partial charge is 0.130 e. The first-order chi connectivity index (χ1) is 6.07. The van der Waals surface area contributed by atoms with Crippen LogP contribution in [0.25, 0.3) is 0 Å². The quantitative estimate of drug-likeness (QED) is 0.740. The molecule has 72 valence electrons. The summed E-state index contributed by atoms with van der Waals surface area (Å²) in [6.07, 6.45) is 0. The number of aromatic hydroxyl groups is 1. The second-order valence-electron chi connectivity index (χ2n) is 2.58. The zero-order valence-electron chi connectivity index (χ0n) is 6.67. The maximum atomic E-state index is 13.1. The first-order valence-electron chi connectivity index (χ1n) is 3.61. The predicted molar refractivity (Wildman–Crippen MR) is 49.8 cm³/mol. The van der Waals surface area contributed by atoms with Gasteiger partial charge in [-0.2, -0.15) is 0 Å². The molecular formula is C8H9BrFNO2. The molecule has 1 aromatic carbocycles. The van der Waals surface area contributed by atoms with Crippen LogP contribution in [0.3, 0.4) is 0 Å². The normalized spacial score (nSPS) is 12.9. The van der Waals surface area contributed by atoms with E-state index >= 15 is 0 Å². The number of nitrogens with two attached hydrogens (primary N) is 1. The Balaban J connectivity index is 3.25. The lowest BCUT2D eigenvalue weighted by molar-refractivity contribution is 0.264. The first-order valence-corrected chi connectivity index (χ1v) is 4.40. The Kier molecular flexibility index (Phi) is 3.24. The number of phenols is 1. The second-order valence-corrected chi connectivity index (χ2v) is 3.38. The maximum Gasteiger partial charge on any atom is 0.130 e. The Labute approximate surface area is 83.1 Å². The summed E-state index contributed by atoms with van der Waals surface area (Å²) in [6.45, 7) is -0.376. The number of aliphatic hydroxyl groups is 1. The highest BCUT2D eigenvalue weighted by molar-refractivity contribution is 9.10. The van der Waals surface area contributed by atoms with Gasteiger partial charge in [0.2, 0.25) is 0 Å². The lowest BCUT2D eigenvalue weighted by Gasteiger charge is -2.12. The van der Waals surface area contributed by atoms with Crippen LogP contribution >= 0.6 is 15.9 Å². The molecule has 1 rings (SSSR count). The molecular weight excluding hydrogens is 241 g/mol. The highest BCUT2D eigenvalue weighted by Gasteiger charge is 2.16. The van der Waals surface area contributed by atoms with E-state index in [-0.39, 0.29) is 22.4 Å². The maximum absolute atomic E-state index is 13.1. The molecule has 5 heteroatoms. The largest absolute Gasteiger partial charge is 0.507 e. The molecule has 0 fully saturated rings. The van der Waals surface area contributed by atoms with Crippen molar-refractivity contribution in [3.05, 3.63) is 28.0 Å². The summed E-state index contributed by atoms with van der Waals surface area (Å²) in [4.78, 5) is 0. The van der Waals surface area contributed by atoms with E-state index in [2.05, 4.69) is 15.9 Å². The number of halogens is 2. The van der Waals surface area contributed by atoms with Crippen LogP contribution in [0.15, 0.2) is 16.6 Å². The van der Waals surface area contributed by atoms with Gasteiger partial charge in [0, 0.05) is 5.56 Å². The van der Waals surface area contributed by atoms with E-state index in [0.717, 1.165) is 6.07 Å². The van der Waals surface area contributed by atoms with Gasteiger partial charge < -0.3 is 15.9 Å². The number of benzene rings is 1. The Bertz CT molecular complexity index is 319. The average Bonchev–Trinajstić information content (AvgIpc) is 2.12. The van der Waals surface area contributed by atoms with Gasteiger partial charge in [0.25, 0.3) is 0 Å². The van der Waals surface area contributed by atoms with Gasteiger partial charge in [-0.3, -0.25) is 0 Å². The number of hydrogen-bond donors (Lipinski definition) is 3. The third kappa shape index (κ3) is 1.99. The van der Waals surface area contributed by atoms with Crippen LogP contribution < -0.4 is 5.73 Å². The van der Waals surface area contributed by atoms with Crippen molar-refractivity contribution in [3.8, 4) is 5.75 Å². The van der Waals surface area contributed by atoms with Crippen molar-refractivity contribution in [2.75, 3.05) is 6.61 Å². The molecule has 0 radical (unpaired) electrons. The van der Waals surface area contributed by atoms with E-state index in [4.69, 9.17) is 10.8 Å². The highest BCUT2D eigenvalue weighted by Crippen LogP contribution is 2.32. The van der Waals surface area contributed by atoms with Crippen molar-refractivity contribution >= 4 is 15.9 Å². The first kappa shape index (κ1) is 10.4. The molecule has 1 aromatic rings. The van der Waals surface area contributed by atoms with Crippen molar-refractivity contribution in [1.82, 2.24) is 0 Å². The van der Waals surface area contributed by atoms with Gasteiger partial charge in [0.15, 0.2) is 0 Å². The Morgan fingerprint density at radius 3 is 2.69 bits per heavy atom. The van der Waals surface area contributed by atoms with Gasteiger partial charge >= 0.3 is 0 Å². The topological polar surface area (TPSA) is 66.5 Å². The van der Waals surface area contributed by atoms with Crippen LogP contribution in [0.4, 0.5) is 4.39 Å².